The van der Waals surface area contributed by atoms with Gasteiger partial charge in [0.25, 0.3) is 0 Å². The minimum absolute atomic E-state index is 0.00425. The summed E-state index contributed by atoms with van der Waals surface area (Å²) >= 11 is 1.59. The molecule has 0 aromatic heterocycles. The summed E-state index contributed by atoms with van der Waals surface area (Å²) in [4.78, 5) is 0.982. The first-order valence-corrected chi connectivity index (χ1v) is 7.15. The molecule has 0 heterocycles. The number of oxime groups is 1. The number of nitrogens with zero attached hydrogens (tertiary/aromatic N) is 1. The SMILES string of the molecule is COc1cc(CSc2ccc(F)cc2)ccc1/C(N)=N/O. The van der Waals surface area contributed by atoms with Crippen LogP contribution in [-0.2, 0) is 5.75 Å². The quantitative estimate of drug-likeness (QED) is 0.293. The Morgan fingerprint density at radius 1 is 1.29 bits per heavy atom. The number of methoxy groups -OCH3 is 1. The second-order valence-electron chi connectivity index (χ2n) is 4.26. The molecule has 0 aliphatic heterocycles. The predicted octanol–water partition coefficient (Wildman–Crippen LogP) is 3.22. The molecule has 0 atom stereocenters. The number of nitrogens with two attached hydrogens (primary N) is 1. The zero-order chi connectivity index (χ0) is 15.2. The molecule has 0 radical (unpaired) electrons. The lowest BCUT2D eigenvalue weighted by atomic mass is 10.1. The molecule has 0 saturated heterocycles. The Kier molecular flexibility index (Phi) is 5.05. The van der Waals surface area contributed by atoms with Crippen molar-refractivity contribution in [2.75, 3.05) is 7.11 Å². The van der Waals surface area contributed by atoms with Crippen LogP contribution in [-0.4, -0.2) is 18.2 Å². The van der Waals surface area contributed by atoms with Crippen molar-refractivity contribution in [3.05, 3.63) is 59.4 Å². The Morgan fingerprint density at radius 2 is 2.00 bits per heavy atom. The van der Waals surface area contributed by atoms with Crippen molar-refractivity contribution in [1.82, 2.24) is 0 Å². The number of amidine groups is 1. The first-order chi connectivity index (χ1) is 10.1. The molecule has 0 fully saturated rings. The molecule has 0 aliphatic rings. The highest BCUT2D eigenvalue weighted by atomic mass is 32.2. The normalized spacial score (nSPS) is 11.4. The summed E-state index contributed by atoms with van der Waals surface area (Å²) in [7, 11) is 1.53. The van der Waals surface area contributed by atoms with Gasteiger partial charge in [0.2, 0.25) is 0 Å². The molecule has 2 aromatic rings. The van der Waals surface area contributed by atoms with Crippen LogP contribution in [0.5, 0.6) is 5.75 Å². The van der Waals surface area contributed by atoms with Gasteiger partial charge in [-0.05, 0) is 42.0 Å². The highest BCUT2D eigenvalue weighted by Crippen LogP contribution is 2.26. The average Bonchev–Trinajstić information content (AvgIpc) is 2.53. The van der Waals surface area contributed by atoms with Crippen LogP contribution in [0.15, 0.2) is 52.5 Å². The van der Waals surface area contributed by atoms with Crippen molar-refractivity contribution in [3.8, 4) is 5.75 Å². The van der Waals surface area contributed by atoms with Crippen molar-refractivity contribution in [3.63, 3.8) is 0 Å². The Labute approximate surface area is 126 Å². The van der Waals surface area contributed by atoms with E-state index in [0.717, 1.165) is 10.5 Å². The number of ether oxygens (including phenoxy) is 1. The van der Waals surface area contributed by atoms with Gasteiger partial charge < -0.3 is 15.7 Å². The summed E-state index contributed by atoms with van der Waals surface area (Å²) in [5.41, 5.74) is 7.14. The van der Waals surface area contributed by atoms with Gasteiger partial charge in [0.1, 0.15) is 11.6 Å². The maximum atomic E-state index is 12.8. The van der Waals surface area contributed by atoms with Crippen LogP contribution in [0.1, 0.15) is 11.1 Å². The third-order valence-corrected chi connectivity index (χ3v) is 3.95. The van der Waals surface area contributed by atoms with Gasteiger partial charge in [-0.25, -0.2) is 4.39 Å². The maximum Gasteiger partial charge on any atom is 0.173 e. The van der Waals surface area contributed by atoms with Crippen molar-refractivity contribution in [2.45, 2.75) is 10.6 Å². The number of hydrogen-bond acceptors (Lipinski definition) is 4. The van der Waals surface area contributed by atoms with E-state index in [1.165, 1.54) is 19.2 Å². The molecule has 0 amide bonds. The van der Waals surface area contributed by atoms with E-state index in [2.05, 4.69) is 5.16 Å². The first kappa shape index (κ1) is 15.2. The molecule has 0 unspecified atom stereocenters. The van der Waals surface area contributed by atoms with Crippen LogP contribution in [0.4, 0.5) is 4.39 Å². The topological polar surface area (TPSA) is 67.8 Å². The molecule has 110 valence electrons. The van der Waals surface area contributed by atoms with Gasteiger partial charge in [-0.3, -0.25) is 0 Å². The van der Waals surface area contributed by atoms with Crippen LogP contribution in [0, 0.1) is 5.82 Å². The van der Waals surface area contributed by atoms with Gasteiger partial charge in [0, 0.05) is 10.6 Å². The molecule has 0 bridgehead atoms. The second kappa shape index (κ2) is 6.99. The highest BCUT2D eigenvalue weighted by molar-refractivity contribution is 7.98. The van der Waals surface area contributed by atoms with E-state index in [9.17, 15) is 4.39 Å². The van der Waals surface area contributed by atoms with E-state index < -0.39 is 0 Å². The van der Waals surface area contributed by atoms with Crippen molar-refractivity contribution >= 4 is 17.6 Å². The Balaban J connectivity index is 2.12. The number of thioether (sulfide) groups is 1. The fourth-order valence-electron chi connectivity index (χ4n) is 1.79. The summed E-state index contributed by atoms with van der Waals surface area (Å²) in [6.45, 7) is 0. The minimum atomic E-state index is -0.246. The molecule has 2 rings (SSSR count). The summed E-state index contributed by atoms with van der Waals surface area (Å²) in [5, 5.41) is 11.7. The molecule has 4 nitrogen and oxygen atoms in total. The third kappa shape index (κ3) is 3.88. The summed E-state index contributed by atoms with van der Waals surface area (Å²) in [6.07, 6.45) is 0. The Bertz CT molecular complexity index is 645. The fraction of sp³-hybridized carbons (Fsp3) is 0.133. The van der Waals surface area contributed by atoms with E-state index in [4.69, 9.17) is 15.7 Å². The molecular formula is C15H15FN2O2S. The van der Waals surface area contributed by atoms with Gasteiger partial charge in [0.05, 0.1) is 12.7 Å². The van der Waals surface area contributed by atoms with Crippen LogP contribution in [0.3, 0.4) is 0 Å². The number of halogens is 1. The average molecular weight is 306 g/mol. The molecule has 3 N–H and O–H groups in total. The monoisotopic (exact) mass is 306 g/mol. The molecule has 0 spiro atoms. The van der Waals surface area contributed by atoms with E-state index in [1.807, 2.05) is 12.1 Å². The van der Waals surface area contributed by atoms with Gasteiger partial charge in [-0.1, -0.05) is 11.2 Å². The van der Waals surface area contributed by atoms with Crippen LogP contribution < -0.4 is 10.5 Å². The summed E-state index contributed by atoms with van der Waals surface area (Å²) in [5.74, 6) is 1.01. The molecule has 0 aliphatic carbocycles. The minimum Gasteiger partial charge on any atom is -0.496 e. The first-order valence-electron chi connectivity index (χ1n) is 6.17. The van der Waals surface area contributed by atoms with Gasteiger partial charge >= 0.3 is 0 Å². The fourth-order valence-corrected chi connectivity index (χ4v) is 2.63. The lowest BCUT2D eigenvalue weighted by Gasteiger charge is -2.09. The smallest absolute Gasteiger partial charge is 0.173 e. The van der Waals surface area contributed by atoms with Crippen LogP contribution in [0.2, 0.25) is 0 Å². The number of benzene rings is 2. The zero-order valence-electron chi connectivity index (χ0n) is 11.4. The highest BCUT2D eigenvalue weighted by Gasteiger charge is 2.09. The van der Waals surface area contributed by atoms with Crippen molar-refractivity contribution in [2.24, 2.45) is 10.9 Å². The van der Waals surface area contributed by atoms with Gasteiger partial charge in [-0.2, -0.15) is 0 Å². The number of rotatable bonds is 5. The van der Waals surface area contributed by atoms with Crippen molar-refractivity contribution in [1.29, 1.82) is 0 Å². The lowest BCUT2D eigenvalue weighted by molar-refractivity contribution is 0.318. The van der Waals surface area contributed by atoms with Gasteiger partial charge in [-0.15, -0.1) is 11.8 Å². The van der Waals surface area contributed by atoms with Crippen LogP contribution >= 0.6 is 11.8 Å². The zero-order valence-corrected chi connectivity index (χ0v) is 12.2. The molecule has 6 heteroatoms. The maximum absolute atomic E-state index is 12.8. The van der Waals surface area contributed by atoms with Crippen LogP contribution in [0.25, 0.3) is 0 Å². The van der Waals surface area contributed by atoms with Gasteiger partial charge in [0.15, 0.2) is 5.84 Å². The molecule has 21 heavy (non-hydrogen) atoms. The second-order valence-corrected chi connectivity index (χ2v) is 5.31. The van der Waals surface area contributed by atoms with E-state index in [-0.39, 0.29) is 11.7 Å². The van der Waals surface area contributed by atoms with E-state index >= 15 is 0 Å². The van der Waals surface area contributed by atoms with E-state index in [0.29, 0.717) is 17.1 Å². The largest absolute Gasteiger partial charge is 0.496 e. The molecule has 2 aromatic carbocycles. The molecule has 0 saturated carbocycles. The van der Waals surface area contributed by atoms with E-state index in [1.54, 1.807) is 30.0 Å². The third-order valence-electron chi connectivity index (χ3n) is 2.87. The predicted molar refractivity (Wildman–Crippen MR) is 81.5 cm³/mol. The Morgan fingerprint density at radius 3 is 2.62 bits per heavy atom. The summed E-state index contributed by atoms with van der Waals surface area (Å²) in [6, 6.07) is 11.8. The molecular weight excluding hydrogens is 291 g/mol. The standard InChI is InChI=1S/C15H15FN2O2S/c1-20-14-8-10(2-7-13(14)15(17)18-19)9-21-12-5-3-11(16)4-6-12/h2-8,19H,9H2,1H3,(H2,17,18). The Hall–Kier alpha value is -2.21. The lowest BCUT2D eigenvalue weighted by Crippen LogP contribution is -2.14. The number of hydrogen-bond donors (Lipinski definition) is 2. The van der Waals surface area contributed by atoms with Crippen molar-refractivity contribution < 1.29 is 14.3 Å². The summed E-state index contributed by atoms with van der Waals surface area (Å²) < 4.78 is 18.1.